The minimum absolute atomic E-state index is 0.685. The van der Waals surface area contributed by atoms with Gasteiger partial charge in [-0.25, -0.2) is 4.98 Å². The molecule has 0 unspecified atom stereocenters. The van der Waals surface area contributed by atoms with Crippen molar-refractivity contribution in [2.75, 3.05) is 18.0 Å². The van der Waals surface area contributed by atoms with Gasteiger partial charge in [-0.05, 0) is 26.7 Å². The maximum Gasteiger partial charge on any atom is 0.254 e. The van der Waals surface area contributed by atoms with Crippen LogP contribution in [0.5, 0.6) is 0 Å². The van der Waals surface area contributed by atoms with Gasteiger partial charge in [0.25, 0.3) is 5.78 Å². The van der Waals surface area contributed by atoms with E-state index < -0.39 is 0 Å². The van der Waals surface area contributed by atoms with Gasteiger partial charge in [-0.1, -0.05) is 42.7 Å². The Morgan fingerprint density at radius 2 is 1.58 bits per heavy atom. The van der Waals surface area contributed by atoms with E-state index in [9.17, 15) is 0 Å². The molecule has 1 aliphatic heterocycles. The lowest BCUT2D eigenvalue weighted by molar-refractivity contribution is 0.726. The van der Waals surface area contributed by atoms with Crippen LogP contribution in [0.25, 0.3) is 17.2 Å². The largest absolute Gasteiger partial charge is 0.356 e. The van der Waals surface area contributed by atoms with Gasteiger partial charge < -0.3 is 4.90 Å². The molecule has 0 radical (unpaired) electrons. The van der Waals surface area contributed by atoms with Gasteiger partial charge >= 0.3 is 0 Å². The fourth-order valence-electron chi connectivity index (χ4n) is 3.32. The van der Waals surface area contributed by atoms with Crippen molar-refractivity contribution >= 4 is 11.6 Å². The van der Waals surface area contributed by atoms with E-state index in [0.717, 1.165) is 36.0 Å². The topological polar surface area (TPSA) is 46.3 Å². The molecule has 1 saturated heterocycles. The highest BCUT2D eigenvalue weighted by Crippen LogP contribution is 2.23. The van der Waals surface area contributed by atoms with E-state index in [1.54, 1.807) is 0 Å². The highest BCUT2D eigenvalue weighted by atomic mass is 15.4. The first-order valence-electron chi connectivity index (χ1n) is 8.77. The summed E-state index contributed by atoms with van der Waals surface area (Å²) in [6, 6.07) is 10.5. The zero-order valence-corrected chi connectivity index (χ0v) is 14.4. The third-order valence-corrected chi connectivity index (χ3v) is 4.66. The Kier molecular flexibility index (Phi) is 3.92. The maximum atomic E-state index is 4.76. The van der Waals surface area contributed by atoms with Gasteiger partial charge in [-0.15, -0.1) is 5.10 Å². The van der Waals surface area contributed by atoms with Crippen LogP contribution in [0.15, 0.2) is 30.3 Å². The van der Waals surface area contributed by atoms with Crippen molar-refractivity contribution in [1.29, 1.82) is 0 Å². The Hall–Kier alpha value is -2.43. The molecular weight excluding hydrogens is 298 g/mol. The minimum Gasteiger partial charge on any atom is -0.356 e. The van der Waals surface area contributed by atoms with Gasteiger partial charge in [-0.2, -0.15) is 9.50 Å². The lowest BCUT2D eigenvalue weighted by Crippen LogP contribution is -2.26. The minimum atomic E-state index is 0.685. The summed E-state index contributed by atoms with van der Waals surface area (Å²) in [5.41, 5.74) is 3.26. The first-order chi connectivity index (χ1) is 11.7. The Balaban J connectivity index is 1.80. The van der Waals surface area contributed by atoms with Crippen molar-refractivity contribution in [3.63, 3.8) is 0 Å². The molecule has 0 spiro atoms. The molecule has 0 N–H and O–H groups in total. The van der Waals surface area contributed by atoms with Gasteiger partial charge in [0, 0.05) is 30.4 Å². The fraction of sp³-hybridized carbons (Fsp3) is 0.421. The molecule has 3 heterocycles. The summed E-state index contributed by atoms with van der Waals surface area (Å²) < 4.78 is 1.91. The molecule has 5 nitrogen and oxygen atoms in total. The molecule has 0 amide bonds. The molecule has 124 valence electrons. The van der Waals surface area contributed by atoms with Gasteiger partial charge in [-0.3, -0.25) is 0 Å². The summed E-state index contributed by atoms with van der Waals surface area (Å²) in [7, 11) is 0. The zero-order chi connectivity index (χ0) is 16.5. The first kappa shape index (κ1) is 15.1. The molecule has 24 heavy (non-hydrogen) atoms. The SMILES string of the molecule is Cc1ccc(-c2nc3nc(C)cc(N4CCCCCC4)n3n2)cc1. The number of nitrogens with zero attached hydrogens (tertiary/aromatic N) is 5. The number of aromatic nitrogens is 4. The van der Waals surface area contributed by atoms with Crippen molar-refractivity contribution in [1.82, 2.24) is 19.6 Å². The van der Waals surface area contributed by atoms with E-state index in [0.29, 0.717) is 5.78 Å². The predicted molar refractivity (Wildman–Crippen MR) is 96.4 cm³/mol. The van der Waals surface area contributed by atoms with Crippen molar-refractivity contribution in [3.8, 4) is 11.4 Å². The number of fused-ring (bicyclic) bond motifs is 1. The number of hydrogen-bond acceptors (Lipinski definition) is 4. The summed E-state index contributed by atoms with van der Waals surface area (Å²) in [5.74, 6) is 2.54. The van der Waals surface area contributed by atoms with E-state index in [1.807, 2.05) is 11.4 Å². The van der Waals surface area contributed by atoms with Crippen LogP contribution in [0, 0.1) is 13.8 Å². The van der Waals surface area contributed by atoms with Crippen molar-refractivity contribution < 1.29 is 0 Å². The van der Waals surface area contributed by atoms with E-state index >= 15 is 0 Å². The molecule has 0 saturated carbocycles. The molecule has 1 aliphatic rings. The lowest BCUT2D eigenvalue weighted by atomic mass is 10.1. The second-order valence-electron chi connectivity index (χ2n) is 6.67. The van der Waals surface area contributed by atoms with Crippen molar-refractivity contribution in [2.24, 2.45) is 0 Å². The van der Waals surface area contributed by atoms with Gasteiger partial charge in [0.15, 0.2) is 5.82 Å². The third kappa shape index (κ3) is 2.86. The first-order valence-corrected chi connectivity index (χ1v) is 8.77. The molecule has 1 fully saturated rings. The summed E-state index contributed by atoms with van der Waals surface area (Å²) in [6.45, 7) is 6.28. The average molecular weight is 321 g/mol. The number of rotatable bonds is 2. The van der Waals surface area contributed by atoms with Crippen molar-refractivity contribution in [3.05, 3.63) is 41.6 Å². The molecule has 1 aromatic carbocycles. The Bertz CT molecular complexity index is 842. The zero-order valence-electron chi connectivity index (χ0n) is 14.4. The quantitative estimate of drug-likeness (QED) is 0.720. The van der Waals surface area contributed by atoms with Gasteiger partial charge in [0.05, 0.1) is 0 Å². The molecule has 4 rings (SSSR count). The van der Waals surface area contributed by atoms with E-state index in [2.05, 4.69) is 52.1 Å². The summed E-state index contributed by atoms with van der Waals surface area (Å²) >= 11 is 0. The van der Waals surface area contributed by atoms with E-state index in [1.165, 1.54) is 31.2 Å². The smallest absolute Gasteiger partial charge is 0.254 e. The lowest BCUT2D eigenvalue weighted by Gasteiger charge is -2.22. The van der Waals surface area contributed by atoms with Crippen LogP contribution in [0.1, 0.15) is 36.9 Å². The number of hydrogen-bond donors (Lipinski definition) is 0. The normalized spacial score (nSPS) is 15.7. The van der Waals surface area contributed by atoms with Crippen LogP contribution in [0.2, 0.25) is 0 Å². The second kappa shape index (κ2) is 6.23. The van der Waals surface area contributed by atoms with Crippen LogP contribution in [0.4, 0.5) is 5.82 Å². The standard InChI is InChI=1S/C19H23N5/c1-14-7-9-16(10-8-14)18-21-19-20-15(2)13-17(24(19)22-18)23-11-5-3-4-6-12-23/h7-10,13H,3-6,11-12H2,1-2H3. The molecule has 0 aliphatic carbocycles. The Labute approximate surface area is 142 Å². The van der Waals surface area contributed by atoms with Crippen molar-refractivity contribution in [2.45, 2.75) is 39.5 Å². The third-order valence-electron chi connectivity index (χ3n) is 4.66. The van der Waals surface area contributed by atoms with Crippen LogP contribution in [-0.4, -0.2) is 32.7 Å². The Morgan fingerprint density at radius 1 is 0.875 bits per heavy atom. The van der Waals surface area contributed by atoms with E-state index in [4.69, 9.17) is 5.10 Å². The highest BCUT2D eigenvalue weighted by molar-refractivity contribution is 5.59. The number of aryl methyl sites for hydroxylation is 2. The summed E-state index contributed by atoms with van der Waals surface area (Å²) in [4.78, 5) is 11.7. The fourth-order valence-corrected chi connectivity index (χ4v) is 3.32. The van der Waals surface area contributed by atoms with E-state index in [-0.39, 0.29) is 0 Å². The predicted octanol–water partition coefficient (Wildman–Crippen LogP) is 3.79. The van der Waals surface area contributed by atoms with Crippen LogP contribution >= 0.6 is 0 Å². The molecule has 2 aromatic heterocycles. The monoisotopic (exact) mass is 321 g/mol. The molecule has 5 heteroatoms. The summed E-state index contributed by atoms with van der Waals surface area (Å²) in [6.07, 6.45) is 5.11. The number of anilines is 1. The molecule has 0 bridgehead atoms. The Morgan fingerprint density at radius 3 is 2.29 bits per heavy atom. The van der Waals surface area contributed by atoms with Gasteiger partial charge in [0.2, 0.25) is 0 Å². The molecule has 0 atom stereocenters. The van der Waals surface area contributed by atoms with Crippen LogP contribution in [-0.2, 0) is 0 Å². The molecular formula is C19H23N5. The maximum absolute atomic E-state index is 4.76. The highest BCUT2D eigenvalue weighted by Gasteiger charge is 2.17. The van der Waals surface area contributed by atoms with Crippen LogP contribution < -0.4 is 4.90 Å². The second-order valence-corrected chi connectivity index (χ2v) is 6.67. The summed E-state index contributed by atoms with van der Waals surface area (Å²) in [5, 5.41) is 4.76. The molecule has 3 aromatic rings. The van der Waals surface area contributed by atoms with Gasteiger partial charge in [0.1, 0.15) is 5.82 Å². The number of benzene rings is 1. The average Bonchev–Trinajstić information content (AvgIpc) is 2.81. The van der Waals surface area contributed by atoms with Crippen LogP contribution in [0.3, 0.4) is 0 Å².